The number of benzene rings is 3. The number of aromatic hydroxyl groups is 1. The molecule has 10 nitrogen and oxygen atoms in total. The van der Waals surface area contributed by atoms with E-state index in [0.29, 0.717) is 27.6 Å². The Hall–Kier alpha value is -3.41. The molecule has 0 spiro atoms. The SMILES string of the molecule is COc1cc2c(oc(=O)c3cc(CO)cc(OC)c32)c2c([C@H]3O[C@@H](C(C)O)[C@H](O)[C@H]3O)ccc(O)c12. The van der Waals surface area contributed by atoms with Crippen molar-refractivity contribution in [3.8, 4) is 17.2 Å². The predicted molar refractivity (Wildman–Crippen MR) is 129 cm³/mol. The quantitative estimate of drug-likeness (QED) is 0.203. The third-order valence-corrected chi connectivity index (χ3v) is 6.76. The Morgan fingerprint density at radius 2 is 1.67 bits per heavy atom. The highest BCUT2D eigenvalue weighted by molar-refractivity contribution is 6.19. The normalized spacial score (nSPS) is 23.0. The molecule has 2 heterocycles. The summed E-state index contributed by atoms with van der Waals surface area (Å²) >= 11 is 0. The first kappa shape index (κ1) is 24.3. The minimum absolute atomic E-state index is 0.0787. The lowest BCUT2D eigenvalue weighted by molar-refractivity contribution is -0.0586. The second-order valence-electron chi connectivity index (χ2n) is 8.89. The van der Waals surface area contributed by atoms with Crippen LogP contribution in [0.3, 0.4) is 0 Å². The first-order chi connectivity index (χ1) is 17.2. The van der Waals surface area contributed by atoms with E-state index in [9.17, 15) is 30.3 Å². The molecule has 0 saturated carbocycles. The zero-order chi connectivity index (χ0) is 25.9. The van der Waals surface area contributed by atoms with E-state index in [1.165, 1.54) is 39.3 Å². The highest BCUT2D eigenvalue weighted by Crippen LogP contribution is 2.47. The number of phenolic OH excluding ortho intramolecular Hbond substituents is 1. The van der Waals surface area contributed by atoms with E-state index in [1.54, 1.807) is 12.1 Å². The van der Waals surface area contributed by atoms with Crippen molar-refractivity contribution in [1.82, 2.24) is 0 Å². The molecule has 190 valence electrons. The zero-order valence-corrected chi connectivity index (χ0v) is 19.8. The molecule has 3 aromatic carbocycles. The number of fused-ring (bicyclic) bond motifs is 5. The fourth-order valence-electron chi connectivity index (χ4n) is 5.07. The molecular weight excluding hydrogens is 472 g/mol. The van der Waals surface area contributed by atoms with Gasteiger partial charge in [0, 0.05) is 16.2 Å². The average Bonchev–Trinajstić information content (AvgIpc) is 3.17. The maximum Gasteiger partial charge on any atom is 0.344 e. The van der Waals surface area contributed by atoms with Crippen LogP contribution in [0.4, 0.5) is 0 Å². The van der Waals surface area contributed by atoms with Crippen LogP contribution in [0.5, 0.6) is 17.2 Å². The number of hydrogen-bond acceptors (Lipinski definition) is 10. The van der Waals surface area contributed by atoms with Gasteiger partial charge in [0.1, 0.15) is 47.2 Å². The molecule has 0 radical (unpaired) electrons. The molecule has 0 amide bonds. The van der Waals surface area contributed by atoms with Crippen LogP contribution in [0.25, 0.3) is 32.5 Å². The number of hydrogen-bond donors (Lipinski definition) is 5. The van der Waals surface area contributed by atoms with E-state index in [-0.39, 0.29) is 39.8 Å². The van der Waals surface area contributed by atoms with Gasteiger partial charge in [-0.25, -0.2) is 4.79 Å². The van der Waals surface area contributed by atoms with Crippen molar-refractivity contribution in [1.29, 1.82) is 0 Å². The summed E-state index contributed by atoms with van der Waals surface area (Å²) in [6.07, 6.45) is -6.03. The third kappa shape index (κ3) is 3.49. The van der Waals surface area contributed by atoms with Gasteiger partial charge in [0.2, 0.25) is 0 Å². The van der Waals surface area contributed by atoms with Gasteiger partial charge < -0.3 is 44.2 Å². The Bertz CT molecular complexity index is 1540. The van der Waals surface area contributed by atoms with Crippen molar-refractivity contribution in [2.24, 2.45) is 0 Å². The van der Waals surface area contributed by atoms with Crippen molar-refractivity contribution in [2.45, 2.75) is 44.1 Å². The van der Waals surface area contributed by atoms with Crippen molar-refractivity contribution < 1.29 is 44.2 Å². The first-order valence-electron chi connectivity index (χ1n) is 11.3. The summed E-state index contributed by atoms with van der Waals surface area (Å²) in [5.41, 5.74) is 0.143. The van der Waals surface area contributed by atoms with E-state index < -0.39 is 36.1 Å². The van der Waals surface area contributed by atoms with E-state index >= 15 is 0 Å². The van der Waals surface area contributed by atoms with Crippen molar-refractivity contribution in [2.75, 3.05) is 14.2 Å². The molecule has 5 rings (SSSR count). The second kappa shape index (κ2) is 8.91. The van der Waals surface area contributed by atoms with Crippen LogP contribution in [0.1, 0.15) is 24.2 Å². The van der Waals surface area contributed by atoms with Crippen LogP contribution in [0, 0.1) is 0 Å². The molecule has 1 aromatic heterocycles. The molecule has 0 aliphatic carbocycles. The third-order valence-electron chi connectivity index (χ3n) is 6.76. The van der Waals surface area contributed by atoms with Gasteiger partial charge in [-0.2, -0.15) is 0 Å². The average molecular weight is 498 g/mol. The Balaban J connectivity index is 1.95. The number of phenols is 1. The summed E-state index contributed by atoms with van der Waals surface area (Å²) in [6, 6.07) is 7.60. The minimum Gasteiger partial charge on any atom is -0.507 e. The van der Waals surface area contributed by atoms with Crippen LogP contribution >= 0.6 is 0 Å². The van der Waals surface area contributed by atoms with Crippen LogP contribution < -0.4 is 15.1 Å². The topological polar surface area (TPSA) is 159 Å². The zero-order valence-electron chi connectivity index (χ0n) is 19.8. The van der Waals surface area contributed by atoms with Gasteiger partial charge in [0.05, 0.1) is 37.7 Å². The van der Waals surface area contributed by atoms with Gasteiger partial charge in [-0.05, 0) is 42.3 Å². The monoisotopic (exact) mass is 498 g/mol. The number of methoxy groups -OCH3 is 2. The lowest BCUT2D eigenvalue weighted by Gasteiger charge is -2.20. The van der Waals surface area contributed by atoms with Crippen molar-refractivity contribution in [3.05, 3.63) is 51.9 Å². The summed E-state index contributed by atoms with van der Waals surface area (Å²) in [7, 11) is 2.86. The van der Waals surface area contributed by atoms with Gasteiger partial charge in [0.15, 0.2) is 0 Å². The Morgan fingerprint density at radius 3 is 2.28 bits per heavy atom. The number of rotatable bonds is 5. The van der Waals surface area contributed by atoms with E-state index in [1.807, 2.05) is 0 Å². The largest absolute Gasteiger partial charge is 0.507 e. The molecule has 5 N–H and O–H groups in total. The molecular formula is C26H26O10. The molecule has 36 heavy (non-hydrogen) atoms. The summed E-state index contributed by atoms with van der Waals surface area (Å²) in [5, 5.41) is 53.2. The van der Waals surface area contributed by atoms with Crippen LogP contribution in [-0.2, 0) is 11.3 Å². The summed E-state index contributed by atoms with van der Waals surface area (Å²) in [5.74, 6) is 0.401. The first-order valence-corrected chi connectivity index (χ1v) is 11.3. The Labute approximate surface area is 204 Å². The second-order valence-corrected chi connectivity index (χ2v) is 8.89. The highest BCUT2D eigenvalue weighted by atomic mass is 16.6. The predicted octanol–water partition coefficient (Wildman–Crippen LogP) is 1.86. The molecule has 1 aliphatic heterocycles. The maximum atomic E-state index is 13.2. The van der Waals surface area contributed by atoms with E-state index in [0.717, 1.165) is 0 Å². The van der Waals surface area contributed by atoms with Crippen molar-refractivity contribution >= 4 is 32.5 Å². The number of aliphatic hydroxyl groups is 4. The van der Waals surface area contributed by atoms with E-state index in [4.69, 9.17) is 18.6 Å². The fraction of sp³-hybridized carbons (Fsp3) is 0.346. The fourth-order valence-corrected chi connectivity index (χ4v) is 5.07. The van der Waals surface area contributed by atoms with Crippen LogP contribution in [0.2, 0.25) is 0 Å². The van der Waals surface area contributed by atoms with Gasteiger partial charge in [0.25, 0.3) is 0 Å². The molecule has 1 unspecified atom stereocenters. The van der Waals surface area contributed by atoms with Gasteiger partial charge in [-0.3, -0.25) is 0 Å². The minimum atomic E-state index is -1.41. The number of ether oxygens (including phenoxy) is 3. The maximum absolute atomic E-state index is 13.2. The molecule has 0 bridgehead atoms. The lowest BCUT2D eigenvalue weighted by atomic mass is 9.92. The van der Waals surface area contributed by atoms with Crippen molar-refractivity contribution in [3.63, 3.8) is 0 Å². The van der Waals surface area contributed by atoms with Crippen LogP contribution in [0.15, 0.2) is 39.5 Å². The molecule has 10 heteroatoms. The summed E-state index contributed by atoms with van der Waals surface area (Å²) in [6.45, 7) is 1.13. The smallest absolute Gasteiger partial charge is 0.344 e. The van der Waals surface area contributed by atoms with Gasteiger partial charge in [-0.1, -0.05) is 6.07 Å². The number of aliphatic hydroxyl groups excluding tert-OH is 4. The van der Waals surface area contributed by atoms with Gasteiger partial charge >= 0.3 is 5.63 Å². The lowest BCUT2D eigenvalue weighted by Crippen LogP contribution is -2.36. The highest BCUT2D eigenvalue weighted by Gasteiger charge is 2.46. The van der Waals surface area contributed by atoms with Crippen LogP contribution in [-0.4, -0.2) is 64.2 Å². The summed E-state index contributed by atoms with van der Waals surface area (Å²) < 4.78 is 22.7. The summed E-state index contributed by atoms with van der Waals surface area (Å²) in [4.78, 5) is 13.2. The molecule has 5 atom stereocenters. The van der Waals surface area contributed by atoms with Gasteiger partial charge in [-0.15, -0.1) is 0 Å². The molecule has 4 aromatic rings. The molecule has 1 saturated heterocycles. The van der Waals surface area contributed by atoms with E-state index in [2.05, 4.69) is 0 Å². The standard InChI is InChI=1S/C26H26O10/c1-10(28)23-21(30)22(31)25(35-23)12-4-5-15(29)20-17(34-3)8-13-18-14(26(32)36-24(13)19(12)20)6-11(9-27)7-16(18)33-2/h4-8,10,21-23,25,27-31H,9H2,1-3H3/t10?,21-,22-,23+,25-/m1/s1. The Morgan fingerprint density at radius 1 is 0.972 bits per heavy atom. The molecule has 1 fully saturated rings. The Kier molecular flexibility index (Phi) is 6.01. The molecule has 1 aliphatic rings.